The lowest BCUT2D eigenvalue weighted by Gasteiger charge is -2.21. The van der Waals surface area contributed by atoms with E-state index in [1.165, 1.54) is 82.8 Å². The molecule has 4 fully saturated rings. The van der Waals surface area contributed by atoms with E-state index >= 15 is 0 Å². The summed E-state index contributed by atoms with van der Waals surface area (Å²) in [6.45, 7) is 8.97. The monoisotopic (exact) mass is 2560 g/mol. The molecule has 0 saturated carbocycles. The summed E-state index contributed by atoms with van der Waals surface area (Å²) >= 11 is 126. The number of nitrogens with zero attached hydrogens (tertiary/aromatic N) is 10. The number of carbonyl (C=O) groups excluding carboxylic acids is 9. The van der Waals surface area contributed by atoms with Crippen LogP contribution in [0, 0.1) is 20.8 Å². The van der Waals surface area contributed by atoms with E-state index in [2.05, 4.69) is 122 Å². The molecule has 0 bridgehead atoms. The number of rotatable bonds is 18. The van der Waals surface area contributed by atoms with Crippen LogP contribution in [0.5, 0.6) is 5.75 Å². The number of carbonyl (C=O) groups is 9. The smallest absolute Gasteiger partial charge is 0.271 e. The van der Waals surface area contributed by atoms with Gasteiger partial charge in [0.25, 0.3) is 47.3 Å². The predicted octanol–water partition coefficient (Wildman–Crippen LogP) is 26.5. The number of hydrogen-bond donors (Lipinski definition) is 8. The molecule has 5 aliphatic heterocycles. The van der Waals surface area contributed by atoms with E-state index in [4.69, 9.17) is 225 Å². The lowest BCUT2D eigenvalue weighted by Crippen LogP contribution is -2.37. The number of nitrogens with one attached hydrogen (secondary N) is 8. The molecule has 16 rings (SSSR count). The van der Waals surface area contributed by atoms with Gasteiger partial charge in [0.15, 0.2) is 47.5 Å². The van der Waals surface area contributed by atoms with Gasteiger partial charge in [-0.1, -0.05) is 300 Å². The van der Waals surface area contributed by atoms with Crippen LogP contribution in [0.3, 0.4) is 0 Å². The zero-order chi connectivity index (χ0) is 107. The topological polar surface area (TPSA) is 371 Å². The summed E-state index contributed by atoms with van der Waals surface area (Å²) in [5.41, 5.74) is 18.5. The number of aliphatic imine (C=N–C) groups is 4. The Kier molecular flexibility index (Phi) is 39.9. The highest BCUT2D eigenvalue weighted by atomic mass is 79.9. The fourth-order valence-electron chi connectivity index (χ4n) is 13.1. The van der Waals surface area contributed by atoms with Gasteiger partial charge in [0, 0.05) is 56.6 Å². The van der Waals surface area contributed by atoms with Gasteiger partial charge in [-0.25, -0.2) is 43.4 Å². The fourth-order valence-corrected chi connectivity index (χ4v) is 20.2. The zero-order valence-corrected chi connectivity index (χ0v) is 94.3. The Hall–Kier alpha value is -9.36. The molecular formula is C93H64Br3Cl19N18O12S. The molecule has 5 aliphatic rings. The van der Waals surface area contributed by atoms with Gasteiger partial charge >= 0.3 is 0 Å². The minimum Gasteiger partial charge on any atom is -0.483 e. The quantitative estimate of drug-likeness (QED) is 0.0171. The number of benzene rings is 11. The molecule has 11 aromatic rings. The van der Waals surface area contributed by atoms with Crippen LogP contribution in [-0.4, -0.2) is 136 Å². The third-order valence-electron chi connectivity index (χ3n) is 20.1. The van der Waals surface area contributed by atoms with Gasteiger partial charge < -0.3 is 26.0 Å². The molecule has 30 nitrogen and oxygen atoms in total. The standard InChI is InChI=1S/C26H20BrCl3N4O4.C22H11BrCl6N4O2.C18H11Cl5N4O2.C17H15Cl2N3O3S.C10H7BrCl3N3O/c1-13-6-7-20(14(2)8-13)38-12-21(35)31-17-5-3-4-15(9-17)25(36)32-24-22(27)26(37)34(33-24)23-18(29)10-16(28)11-19(23)30;23-13-20(32-33(22(13)35)19-17(28)15(26)14(25)16(27)18(19)29)31-12-8-10(6-7-11(12)24)30-21(34)9-4-2-1-3-5-9;1-2-14(28)24-9-3-4-10(20)13(7-9)25-17-15(23)18(29)27(26-17)16-11(21)5-8(19)6-12(16)22;1-10-3-8-13(18)14(9-10)20-16-15(19)17(23)22(21-16)11-4-6-12(7-5-11)26(2,24)25;1-15-9-7(11)10(18)17(16-9)8-5(13)2-4(12)3-6(8)14/h3-11,22H,12H2,1-2H3,(H,31,35)(H,32,33,36);1-8,13H,(H,30,34)(H,31,32);2-7,15H,1H2,(H,24,28)(H,25,26);3-9,15H,1-2H3,(H,20,21);2-3,7H,1H3,(H,15,16). The molecule has 53 heteroatoms. The fraction of sp³-hybridized carbons (Fsp3) is 0.118. The van der Waals surface area contributed by atoms with Crippen molar-refractivity contribution in [2.24, 2.45) is 25.1 Å². The molecule has 146 heavy (non-hydrogen) atoms. The van der Waals surface area contributed by atoms with E-state index in [-0.39, 0.29) is 146 Å². The van der Waals surface area contributed by atoms with Crippen LogP contribution in [-0.2, 0) is 43.4 Å². The van der Waals surface area contributed by atoms with E-state index in [0.29, 0.717) is 77.1 Å². The second-order valence-electron chi connectivity index (χ2n) is 30.5. The number of hydrazone groups is 1. The number of alkyl halides is 5. The predicted molar refractivity (Wildman–Crippen MR) is 601 cm³/mol. The van der Waals surface area contributed by atoms with Gasteiger partial charge in [-0.3, -0.25) is 69.8 Å². The second-order valence-corrected chi connectivity index (χ2v) is 43.0. The molecule has 9 amide bonds. The molecule has 5 atom stereocenters. The first-order chi connectivity index (χ1) is 68.9. The van der Waals surface area contributed by atoms with Crippen molar-refractivity contribution in [2.45, 2.75) is 50.9 Å². The molecule has 0 spiro atoms. The number of hydrazine groups is 4. The van der Waals surface area contributed by atoms with Gasteiger partial charge in [-0.15, -0.1) is 28.3 Å². The summed E-state index contributed by atoms with van der Waals surface area (Å²) in [7, 11) is -1.73. The van der Waals surface area contributed by atoms with Crippen LogP contribution in [0.1, 0.15) is 37.4 Å². The molecule has 4 saturated heterocycles. The van der Waals surface area contributed by atoms with Gasteiger partial charge in [-0.05, 0) is 184 Å². The Morgan fingerprint density at radius 3 is 1.35 bits per heavy atom. The zero-order valence-electron chi connectivity index (χ0n) is 74.4. The SMILES string of the molecule is C=CC(=O)Nc1ccc(Cl)c(N=C2NN(c3c(Cl)cc(Cl)cc3Cl)C(=O)C2Cl)c1.CN=C1NN(c2c(Cl)cc(Cl)cc2Cl)C(=O)C1Br.Cc1ccc(Cl)c(N=C2NN(c3ccc(S(C)(=O)=O)cc3)C(=O)C2Cl)c1.Cc1ccc(OCC(=O)Nc2cccc(C(=O)NC3=NN(c4c(Cl)cc(Cl)cc4Cl)C(=O)C3Br)c2)c(C)c1.O=C(Nc1ccc(Cl)c(N=C2NN(c3c(Cl)c(Cl)c(Cl)c(Cl)c3Cl)C(=O)C2Br)c1)c1ccccc1. The average Bonchev–Trinajstić information content (AvgIpc) is 1.57. The molecule has 5 unspecified atom stereocenters. The number of sulfone groups is 1. The molecule has 0 aromatic heterocycles. The van der Waals surface area contributed by atoms with Crippen molar-refractivity contribution in [3.05, 3.63) is 314 Å². The Balaban J connectivity index is 0.000000165. The maximum absolute atomic E-state index is 13.0. The Morgan fingerprint density at radius 1 is 0.425 bits per heavy atom. The van der Waals surface area contributed by atoms with Gasteiger partial charge in [0.1, 0.15) is 51.8 Å². The maximum atomic E-state index is 13.0. The number of aryl methyl sites for hydroxylation is 3. The van der Waals surface area contributed by atoms with E-state index in [9.17, 15) is 51.6 Å². The van der Waals surface area contributed by atoms with Crippen molar-refractivity contribution in [2.75, 3.05) is 60.9 Å². The van der Waals surface area contributed by atoms with Crippen molar-refractivity contribution in [1.29, 1.82) is 0 Å². The number of amides is 9. The lowest BCUT2D eigenvalue weighted by molar-refractivity contribution is -0.118. The first-order valence-corrected chi connectivity index (χ1v) is 53.0. The van der Waals surface area contributed by atoms with Crippen LogP contribution < -0.4 is 72.8 Å². The third kappa shape index (κ3) is 27.9. The highest BCUT2D eigenvalue weighted by Gasteiger charge is 2.44. The molecule has 0 radical (unpaired) electrons. The molecular weight excluding hydrogens is 2510 g/mol. The summed E-state index contributed by atoms with van der Waals surface area (Å²) in [6, 6.07) is 50.2. The number of hydrogen-bond acceptors (Lipinski definition) is 17. The largest absolute Gasteiger partial charge is 0.483 e. The summed E-state index contributed by atoms with van der Waals surface area (Å²) in [6.07, 6.45) is 2.25. The first-order valence-electron chi connectivity index (χ1n) is 41.1. The summed E-state index contributed by atoms with van der Waals surface area (Å²) in [5.74, 6) is -2.15. The van der Waals surface area contributed by atoms with E-state index < -0.39 is 70.5 Å². The summed E-state index contributed by atoms with van der Waals surface area (Å²) in [5, 5.41) is 21.2. The number of amidine groups is 5. The van der Waals surface area contributed by atoms with Crippen LogP contribution >= 0.6 is 268 Å². The minimum atomic E-state index is -3.32. The highest BCUT2D eigenvalue weighted by molar-refractivity contribution is 9.10. The van der Waals surface area contributed by atoms with Gasteiger partial charge in [0.05, 0.1) is 98.0 Å². The first kappa shape index (κ1) is 115. The molecule has 8 N–H and O–H groups in total. The second kappa shape index (κ2) is 50.5. The van der Waals surface area contributed by atoms with Crippen LogP contribution in [0.4, 0.5) is 62.6 Å². The van der Waals surface area contributed by atoms with E-state index in [0.717, 1.165) is 44.0 Å². The van der Waals surface area contributed by atoms with E-state index in [1.54, 1.807) is 92.0 Å². The van der Waals surface area contributed by atoms with Crippen molar-refractivity contribution >= 4 is 423 Å². The lowest BCUT2D eigenvalue weighted by atomic mass is 10.1. The Morgan fingerprint density at radius 2 is 0.842 bits per heavy atom. The Bertz CT molecular complexity index is 7340. The van der Waals surface area contributed by atoms with E-state index in [1.807, 2.05) is 51.1 Å². The molecule has 5 heterocycles. The normalized spacial score (nSPS) is 17.3. The number of ether oxygens (including phenoxy) is 1. The number of anilines is 8. The van der Waals surface area contributed by atoms with Crippen molar-refractivity contribution < 1.29 is 56.3 Å². The number of halogens is 22. The maximum Gasteiger partial charge on any atom is 0.271 e. The van der Waals surface area contributed by atoms with Crippen LogP contribution in [0.2, 0.25) is 85.4 Å². The Labute approximate surface area is 952 Å². The van der Waals surface area contributed by atoms with Crippen LogP contribution in [0.25, 0.3) is 0 Å². The van der Waals surface area contributed by atoms with Gasteiger partial charge in [-0.2, -0.15) is 5.01 Å². The summed E-state index contributed by atoms with van der Waals surface area (Å²) < 4.78 is 28.7. The average molecular weight is 2570 g/mol. The molecule has 758 valence electrons. The molecule has 0 aliphatic carbocycles. The van der Waals surface area contributed by atoms with Crippen LogP contribution in [0.15, 0.2) is 231 Å². The van der Waals surface area contributed by atoms with Crippen molar-refractivity contribution in [3.63, 3.8) is 0 Å². The van der Waals surface area contributed by atoms with Gasteiger partial charge in [0.2, 0.25) is 5.91 Å². The minimum absolute atomic E-state index is 0.0161. The molecule has 11 aromatic carbocycles. The highest BCUT2D eigenvalue weighted by Crippen LogP contribution is 2.50. The van der Waals surface area contributed by atoms with Crippen molar-refractivity contribution in [3.8, 4) is 5.75 Å². The summed E-state index contributed by atoms with van der Waals surface area (Å²) in [4.78, 5) is 127. The third-order valence-corrected chi connectivity index (χ3v) is 30.1. The van der Waals surface area contributed by atoms with Crippen molar-refractivity contribution in [1.82, 2.24) is 27.0 Å².